The van der Waals surface area contributed by atoms with Gasteiger partial charge in [-0.2, -0.15) is 0 Å². The molecular weight excluding hydrogens is 581 g/mol. The van der Waals surface area contributed by atoms with Crippen molar-refractivity contribution in [2.24, 2.45) is 29.4 Å². The smallest absolute Gasteiger partial charge is 0.374 e. The number of esters is 1. The molecule has 2 amide bonds. The Kier molecular flexibility index (Phi) is 11.5. The number of hydrogen-bond donors (Lipinski definition) is 2. The van der Waals surface area contributed by atoms with Gasteiger partial charge in [-0.15, -0.1) is 0 Å². The van der Waals surface area contributed by atoms with Crippen LogP contribution in [0.1, 0.15) is 74.8 Å². The Bertz CT molecular complexity index is 1300. The van der Waals surface area contributed by atoms with Crippen LogP contribution in [0.5, 0.6) is 0 Å². The van der Waals surface area contributed by atoms with Crippen molar-refractivity contribution in [3.63, 3.8) is 0 Å². The third kappa shape index (κ3) is 7.86. The van der Waals surface area contributed by atoms with E-state index in [1.54, 1.807) is 38.5 Å². The van der Waals surface area contributed by atoms with Crippen molar-refractivity contribution in [2.45, 2.75) is 82.4 Å². The highest BCUT2D eigenvalue weighted by atomic mass is 19.1. The normalized spacial score (nSPS) is 27.8. The Labute approximate surface area is 264 Å². The first kappa shape index (κ1) is 33.3. The molecule has 45 heavy (non-hydrogen) atoms. The molecule has 2 aromatic rings. The number of fused-ring (bicyclic) bond motifs is 1. The Morgan fingerprint density at radius 2 is 1.78 bits per heavy atom. The average molecular weight is 630 g/mol. The number of hydrogen-bond acceptors (Lipinski definition) is 8. The van der Waals surface area contributed by atoms with Crippen LogP contribution in [0, 0.1) is 23.7 Å². The van der Waals surface area contributed by atoms with Gasteiger partial charge >= 0.3 is 5.97 Å². The van der Waals surface area contributed by atoms with Gasteiger partial charge in [0.25, 0.3) is 0 Å². The lowest BCUT2D eigenvalue weighted by molar-refractivity contribution is -0.142. The molecule has 248 valence electrons. The maximum absolute atomic E-state index is 14.1. The number of ether oxygens (including phenoxy) is 3. The van der Waals surface area contributed by atoms with Crippen LogP contribution < -0.4 is 11.1 Å². The largest absolute Gasteiger partial charge is 0.460 e. The van der Waals surface area contributed by atoms with E-state index in [2.05, 4.69) is 5.32 Å². The quantitative estimate of drug-likeness (QED) is 0.245. The van der Waals surface area contributed by atoms with Crippen molar-refractivity contribution in [1.29, 1.82) is 0 Å². The molecule has 5 rings (SSSR count). The summed E-state index contributed by atoms with van der Waals surface area (Å²) in [4.78, 5) is 42.3. The van der Waals surface area contributed by atoms with Crippen LogP contribution in [-0.4, -0.2) is 81.5 Å². The van der Waals surface area contributed by atoms with Crippen molar-refractivity contribution >= 4 is 34.4 Å². The van der Waals surface area contributed by atoms with Crippen molar-refractivity contribution in [3.8, 4) is 0 Å². The predicted molar refractivity (Wildman–Crippen MR) is 167 cm³/mol. The molecule has 3 aliphatic rings. The standard InChI is InChI=1S/C34H48FN3O7/c1-42-16-3-17-44-34(41)30-19-24-18-25(10-13-29(24)45-30)37-32(39)31-27(21-8-11-26(43-2)12-9-21)14-15-38(31)33(40)23-6-4-22(5-7-23)28(36)20-35/h10,13,18-19,21-23,26-28,31H,3-9,11-12,14-17,20,36H2,1-2H3,(H,37,39)/t21?,22-,23-,26?,27-,28+,31-/m0/s1. The van der Waals surface area contributed by atoms with E-state index < -0.39 is 24.7 Å². The first-order valence-corrected chi connectivity index (χ1v) is 16.5. The van der Waals surface area contributed by atoms with Crippen LogP contribution in [0.4, 0.5) is 10.1 Å². The number of nitrogens with two attached hydrogens (primary N) is 1. The first-order valence-electron chi connectivity index (χ1n) is 16.5. The number of carbonyl (C=O) groups is 3. The van der Waals surface area contributed by atoms with Gasteiger partial charge in [0.15, 0.2) is 0 Å². The Hall–Kier alpha value is -3.02. The number of likely N-dealkylation sites (tertiary alicyclic amines) is 1. The summed E-state index contributed by atoms with van der Waals surface area (Å²) < 4.78 is 34.7. The number of benzene rings is 1. The number of carbonyl (C=O) groups excluding carboxylic acids is 3. The molecule has 0 spiro atoms. The van der Waals surface area contributed by atoms with Crippen LogP contribution in [-0.2, 0) is 23.8 Å². The van der Waals surface area contributed by atoms with E-state index in [0.717, 1.165) is 44.9 Å². The number of nitrogens with one attached hydrogen (secondary N) is 1. The Morgan fingerprint density at radius 1 is 1.02 bits per heavy atom. The molecule has 11 heteroatoms. The number of nitrogens with zero attached hydrogens (tertiary/aromatic N) is 1. The van der Waals surface area contributed by atoms with E-state index in [1.165, 1.54) is 0 Å². The second-order valence-corrected chi connectivity index (χ2v) is 13.0. The summed E-state index contributed by atoms with van der Waals surface area (Å²) in [6, 6.07) is 5.78. The highest BCUT2D eigenvalue weighted by Crippen LogP contribution is 2.42. The number of methoxy groups -OCH3 is 2. The molecule has 3 N–H and O–H groups in total. The fraction of sp³-hybridized carbons (Fsp3) is 0.676. The molecule has 0 radical (unpaired) electrons. The maximum atomic E-state index is 14.1. The van der Waals surface area contributed by atoms with Crippen molar-refractivity contribution in [3.05, 3.63) is 30.0 Å². The zero-order chi connectivity index (χ0) is 31.9. The van der Waals surface area contributed by atoms with Gasteiger partial charge in [-0.1, -0.05) is 0 Å². The van der Waals surface area contributed by atoms with E-state index in [1.807, 2.05) is 4.90 Å². The van der Waals surface area contributed by atoms with E-state index in [4.69, 9.17) is 24.4 Å². The summed E-state index contributed by atoms with van der Waals surface area (Å²) >= 11 is 0. The number of anilines is 1. The van der Waals surface area contributed by atoms with Gasteiger partial charge < -0.3 is 34.6 Å². The highest BCUT2D eigenvalue weighted by Gasteiger charge is 2.47. The number of rotatable bonds is 12. The molecule has 1 aromatic carbocycles. The molecule has 0 unspecified atom stereocenters. The second kappa shape index (κ2) is 15.5. The SMILES string of the molecule is COCCCOC(=O)c1cc2cc(NC(=O)[C@@H]3[C@H](C4CCC(OC)CC4)CCN3C(=O)[C@H]3CC[C@H]([C@H](N)CF)CC3)ccc2o1. The third-order valence-electron chi connectivity index (χ3n) is 10.3. The summed E-state index contributed by atoms with van der Waals surface area (Å²) in [5, 5.41) is 3.74. The maximum Gasteiger partial charge on any atom is 0.374 e. The van der Waals surface area contributed by atoms with Gasteiger partial charge in [0.05, 0.1) is 12.7 Å². The number of amides is 2. The summed E-state index contributed by atoms with van der Waals surface area (Å²) in [6.45, 7) is 0.719. The zero-order valence-corrected chi connectivity index (χ0v) is 26.5. The summed E-state index contributed by atoms with van der Waals surface area (Å²) in [5.41, 5.74) is 7.03. The van der Waals surface area contributed by atoms with Gasteiger partial charge in [-0.3, -0.25) is 9.59 Å². The molecule has 3 fully saturated rings. The fourth-order valence-corrected chi connectivity index (χ4v) is 7.68. The topological polar surface area (TPSA) is 133 Å². The second-order valence-electron chi connectivity index (χ2n) is 13.0. The van der Waals surface area contributed by atoms with Crippen molar-refractivity contribution < 1.29 is 37.4 Å². The van der Waals surface area contributed by atoms with Crippen molar-refractivity contribution in [2.75, 3.05) is 46.0 Å². The van der Waals surface area contributed by atoms with Crippen LogP contribution >= 0.6 is 0 Å². The summed E-state index contributed by atoms with van der Waals surface area (Å²) in [7, 11) is 3.34. The molecule has 3 atom stereocenters. The van der Waals surface area contributed by atoms with E-state index in [0.29, 0.717) is 55.0 Å². The molecule has 10 nitrogen and oxygen atoms in total. The lowest BCUT2D eigenvalue weighted by Crippen LogP contribution is -2.50. The summed E-state index contributed by atoms with van der Waals surface area (Å²) in [5.74, 6) is -0.343. The van der Waals surface area contributed by atoms with Crippen LogP contribution in [0.2, 0.25) is 0 Å². The predicted octanol–water partition coefficient (Wildman–Crippen LogP) is 5.09. The van der Waals surface area contributed by atoms with Crippen LogP contribution in [0.25, 0.3) is 11.0 Å². The monoisotopic (exact) mass is 629 g/mol. The van der Waals surface area contributed by atoms with Crippen LogP contribution in [0.15, 0.2) is 28.7 Å². The van der Waals surface area contributed by atoms with Crippen LogP contribution in [0.3, 0.4) is 0 Å². The number of alkyl halides is 1. The van der Waals surface area contributed by atoms with Gasteiger partial charge in [0.2, 0.25) is 17.6 Å². The fourth-order valence-electron chi connectivity index (χ4n) is 7.68. The number of halogens is 1. The van der Waals surface area contributed by atoms with Gasteiger partial charge in [0, 0.05) is 56.8 Å². The zero-order valence-electron chi connectivity index (χ0n) is 26.5. The summed E-state index contributed by atoms with van der Waals surface area (Å²) in [6.07, 6.45) is 8.23. The average Bonchev–Trinajstić information content (AvgIpc) is 3.71. The van der Waals surface area contributed by atoms with Gasteiger partial charge in [-0.05, 0) is 99.8 Å². The molecule has 1 aliphatic heterocycles. The van der Waals surface area contributed by atoms with Gasteiger partial charge in [-0.25, -0.2) is 9.18 Å². The first-order chi connectivity index (χ1) is 21.8. The lowest BCUT2D eigenvalue weighted by atomic mass is 9.75. The minimum absolute atomic E-state index is 0.0226. The molecule has 2 saturated carbocycles. The van der Waals surface area contributed by atoms with Gasteiger partial charge in [0.1, 0.15) is 18.3 Å². The molecule has 2 heterocycles. The van der Waals surface area contributed by atoms with Crippen molar-refractivity contribution in [1.82, 2.24) is 4.90 Å². The molecule has 1 saturated heterocycles. The highest BCUT2D eigenvalue weighted by molar-refractivity contribution is 6.00. The Balaban J connectivity index is 1.30. The molecular formula is C34H48FN3O7. The minimum atomic E-state index is -0.579. The minimum Gasteiger partial charge on any atom is -0.460 e. The van der Waals surface area contributed by atoms with E-state index in [-0.39, 0.29) is 48.0 Å². The molecule has 0 bridgehead atoms. The number of furan rings is 1. The third-order valence-corrected chi connectivity index (χ3v) is 10.3. The molecule has 2 aliphatic carbocycles. The molecule has 1 aromatic heterocycles. The van der Waals surface area contributed by atoms with E-state index in [9.17, 15) is 18.8 Å². The van der Waals surface area contributed by atoms with E-state index >= 15 is 0 Å². The lowest BCUT2D eigenvalue weighted by Gasteiger charge is -2.37. The Morgan fingerprint density at radius 3 is 2.47 bits per heavy atom.